The molecule has 0 aliphatic heterocycles. The first-order chi connectivity index (χ1) is 6.74. The zero-order chi connectivity index (χ0) is 10.1. The van der Waals surface area contributed by atoms with Crippen LogP contribution in [0.1, 0.15) is 18.5 Å². The first-order valence-corrected chi connectivity index (χ1v) is 4.94. The molecule has 2 rings (SSSR count). The summed E-state index contributed by atoms with van der Waals surface area (Å²) in [4.78, 5) is 0. The minimum atomic E-state index is 0.246. The molecule has 2 nitrogen and oxygen atoms in total. The van der Waals surface area contributed by atoms with E-state index >= 15 is 0 Å². The normalized spacial score (nSPS) is 13.4. The van der Waals surface area contributed by atoms with Crippen LogP contribution in [0.25, 0.3) is 11.0 Å². The fourth-order valence-electron chi connectivity index (χ4n) is 1.54. The van der Waals surface area contributed by atoms with Gasteiger partial charge in [0.15, 0.2) is 0 Å². The molecule has 1 unspecified atom stereocenters. The second kappa shape index (κ2) is 3.64. The summed E-state index contributed by atoms with van der Waals surface area (Å²) in [5.41, 5.74) is 1.95. The highest BCUT2D eigenvalue weighted by atomic mass is 35.5. The highest BCUT2D eigenvalue weighted by Crippen LogP contribution is 2.31. The van der Waals surface area contributed by atoms with Gasteiger partial charge in [0, 0.05) is 17.0 Å². The van der Waals surface area contributed by atoms with Crippen molar-refractivity contribution in [2.45, 2.75) is 13.0 Å². The molecular formula is C11H12ClNO. The molecule has 0 saturated heterocycles. The van der Waals surface area contributed by atoms with E-state index in [0.717, 1.165) is 21.6 Å². The number of halogens is 1. The molecule has 1 aromatic heterocycles. The largest absolute Gasteiger partial charge is 0.464 e. The molecular weight excluding hydrogens is 198 g/mol. The van der Waals surface area contributed by atoms with E-state index in [4.69, 9.17) is 16.0 Å². The summed E-state index contributed by atoms with van der Waals surface area (Å²) in [5.74, 6) is 0. The summed E-state index contributed by atoms with van der Waals surface area (Å²) in [5, 5.41) is 4.92. The van der Waals surface area contributed by atoms with E-state index in [0.29, 0.717) is 0 Å². The Morgan fingerprint density at radius 1 is 1.43 bits per heavy atom. The quantitative estimate of drug-likeness (QED) is 0.821. The van der Waals surface area contributed by atoms with Gasteiger partial charge in [-0.1, -0.05) is 17.7 Å². The molecule has 0 spiro atoms. The van der Waals surface area contributed by atoms with E-state index in [2.05, 4.69) is 12.2 Å². The van der Waals surface area contributed by atoms with Crippen molar-refractivity contribution < 1.29 is 4.42 Å². The number of hydrogen-bond donors (Lipinski definition) is 1. The van der Waals surface area contributed by atoms with Crippen LogP contribution < -0.4 is 5.32 Å². The van der Waals surface area contributed by atoms with Crippen molar-refractivity contribution in [3.8, 4) is 0 Å². The van der Waals surface area contributed by atoms with Crippen LogP contribution >= 0.6 is 11.6 Å². The maximum absolute atomic E-state index is 6.12. The van der Waals surface area contributed by atoms with E-state index in [9.17, 15) is 0 Å². The molecule has 0 aliphatic carbocycles. The van der Waals surface area contributed by atoms with Crippen molar-refractivity contribution >= 4 is 22.6 Å². The first-order valence-electron chi connectivity index (χ1n) is 4.57. The monoisotopic (exact) mass is 209 g/mol. The summed E-state index contributed by atoms with van der Waals surface area (Å²) in [7, 11) is 1.92. The van der Waals surface area contributed by atoms with Gasteiger partial charge in [-0.2, -0.15) is 0 Å². The van der Waals surface area contributed by atoms with Crippen LogP contribution in [-0.2, 0) is 0 Å². The predicted octanol–water partition coefficient (Wildman–Crippen LogP) is 3.37. The fraction of sp³-hybridized carbons (Fsp3) is 0.273. The Morgan fingerprint density at radius 2 is 2.21 bits per heavy atom. The third kappa shape index (κ3) is 1.41. The third-order valence-electron chi connectivity index (χ3n) is 2.48. The van der Waals surface area contributed by atoms with Crippen LogP contribution in [-0.4, -0.2) is 7.05 Å². The Bertz CT molecular complexity index is 449. The summed E-state index contributed by atoms with van der Waals surface area (Å²) in [6, 6.07) is 5.94. The van der Waals surface area contributed by atoms with Gasteiger partial charge in [-0.3, -0.25) is 0 Å². The highest BCUT2D eigenvalue weighted by molar-refractivity contribution is 6.35. The molecule has 2 aromatic rings. The molecule has 3 heteroatoms. The molecule has 1 heterocycles. The molecule has 14 heavy (non-hydrogen) atoms. The topological polar surface area (TPSA) is 25.2 Å². The fourth-order valence-corrected chi connectivity index (χ4v) is 1.82. The average molecular weight is 210 g/mol. The molecule has 74 valence electrons. The van der Waals surface area contributed by atoms with Crippen molar-refractivity contribution in [2.24, 2.45) is 0 Å². The standard InChI is InChI=1S/C11H12ClNO/c1-7(13-2)8-6-14-10-5-3-4-9(12)11(8)10/h3-7,13H,1-2H3. The van der Waals surface area contributed by atoms with Crippen molar-refractivity contribution in [1.82, 2.24) is 5.32 Å². The van der Waals surface area contributed by atoms with Crippen molar-refractivity contribution in [3.63, 3.8) is 0 Å². The molecule has 0 fully saturated rings. The van der Waals surface area contributed by atoms with Gasteiger partial charge in [-0.15, -0.1) is 0 Å². The summed E-state index contributed by atoms with van der Waals surface area (Å²) in [6.07, 6.45) is 1.76. The lowest BCUT2D eigenvalue weighted by molar-refractivity contribution is 0.588. The van der Waals surface area contributed by atoms with Gasteiger partial charge in [-0.25, -0.2) is 0 Å². The lowest BCUT2D eigenvalue weighted by atomic mass is 10.1. The maximum atomic E-state index is 6.12. The van der Waals surface area contributed by atoms with Gasteiger partial charge >= 0.3 is 0 Å². The lowest BCUT2D eigenvalue weighted by Crippen LogP contribution is -2.11. The Morgan fingerprint density at radius 3 is 2.93 bits per heavy atom. The van der Waals surface area contributed by atoms with Gasteiger partial charge in [0.1, 0.15) is 5.58 Å². The van der Waals surface area contributed by atoms with Crippen LogP contribution in [0.5, 0.6) is 0 Å². The second-order valence-electron chi connectivity index (χ2n) is 3.31. The van der Waals surface area contributed by atoms with E-state index in [-0.39, 0.29) is 6.04 Å². The maximum Gasteiger partial charge on any atom is 0.135 e. The number of hydrogen-bond acceptors (Lipinski definition) is 2. The van der Waals surface area contributed by atoms with E-state index in [1.54, 1.807) is 6.26 Å². The Kier molecular flexibility index (Phi) is 2.48. The number of furan rings is 1. The molecule has 0 radical (unpaired) electrons. The lowest BCUT2D eigenvalue weighted by Gasteiger charge is -2.07. The van der Waals surface area contributed by atoms with Crippen LogP contribution in [0.4, 0.5) is 0 Å². The van der Waals surface area contributed by atoms with Gasteiger partial charge in [-0.05, 0) is 26.1 Å². The SMILES string of the molecule is CNC(C)c1coc2cccc(Cl)c12. The number of nitrogens with one attached hydrogen (secondary N) is 1. The summed E-state index contributed by atoms with van der Waals surface area (Å²) >= 11 is 6.12. The van der Waals surface area contributed by atoms with Crippen LogP contribution in [0.3, 0.4) is 0 Å². The zero-order valence-electron chi connectivity index (χ0n) is 8.17. The molecule has 1 atom stereocenters. The number of rotatable bonds is 2. The van der Waals surface area contributed by atoms with E-state index < -0.39 is 0 Å². The van der Waals surface area contributed by atoms with Crippen LogP contribution in [0.2, 0.25) is 5.02 Å². The smallest absolute Gasteiger partial charge is 0.135 e. The van der Waals surface area contributed by atoms with E-state index in [1.807, 2.05) is 25.2 Å². The minimum absolute atomic E-state index is 0.246. The molecule has 1 aromatic carbocycles. The molecule has 0 bridgehead atoms. The minimum Gasteiger partial charge on any atom is -0.464 e. The highest BCUT2D eigenvalue weighted by Gasteiger charge is 2.13. The molecule has 0 aliphatic rings. The Hall–Kier alpha value is -0.990. The number of benzene rings is 1. The van der Waals surface area contributed by atoms with Crippen molar-refractivity contribution in [2.75, 3.05) is 7.05 Å². The summed E-state index contributed by atoms with van der Waals surface area (Å²) < 4.78 is 5.43. The predicted molar refractivity (Wildman–Crippen MR) is 58.7 cm³/mol. The van der Waals surface area contributed by atoms with Crippen molar-refractivity contribution in [3.05, 3.63) is 35.0 Å². The first kappa shape index (κ1) is 9.56. The molecule has 0 amide bonds. The summed E-state index contributed by atoms with van der Waals surface area (Å²) in [6.45, 7) is 2.08. The van der Waals surface area contributed by atoms with Gasteiger partial charge in [0.05, 0.1) is 11.3 Å². The molecule has 0 saturated carbocycles. The third-order valence-corrected chi connectivity index (χ3v) is 2.79. The Labute approximate surface area is 87.9 Å². The van der Waals surface area contributed by atoms with Gasteiger partial charge < -0.3 is 9.73 Å². The number of fused-ring (bicyclic) bond motifs is 1. The van der Waals surface area contributed by atoms with Gasteiger partial charge in [0.25, 0.3) is 0 Å². The molecule has 1 N–H and O–H groups in total. The average Bonchev–Trinajstić information content (AvgIpc) is 2.62. The van der Waals surface area contributed by atoms with E-state index in [1.165, 1.54) is 0 Å². The van der Waals surface area contributed by atoms with Crippen LogP contribution in [0, 0.1) is 0 Å². The second-order valence-corrected chi connectivity index (χ2v) is 3.72. The van der Waals surface area contributed by atoms with Crippen LogP contribution in [0.15, 0.2) is 28.9 Å². The van der Waals surface area contributed by atoms with Crippen molar-refractivity contribution in [1.29, 1.82) is 0 Å². The van der Waals surface area contributed by atoms with Gasteiger partial charge in [0.2, 0.25) is 0 Å². The Balaban J connectivity index is 2.67. The zero-order valence-corrected chi connectivity index (χ0v) is 8.93.